The number of nitrogens with zero attached hydrogens (tertiary/aromatic N) is 1. The summed E-state index contributed by atoms with van der Waals surface area (Å²) >= 11 is 0. The molecule has 0 radical (unpaired) electrons. The maximum absolute atomic E-state index is 13.9. The number of benzene rings is 2. The van der Waals surface area contributed by atoms with E-state index in [0.29, 0.717) is 5.56 Å². The Morgan fingerprint density at radius 1 is 0.750 bits per heavy atom. The highest BCUT2D eigenvalue weighted by Crippen LogP contribution is 2.37. The van der Waals surface area contributed by atoms with E-state index in [2.05, 4.69) is 64.6 Å². The summed E-state index contributed by atoms with van der Waals surface area (Å²) in [5.41, 5.74) is 2.84. The minimum atomic E-state index is -0.507. The predicted octanol–water partition coefficient (Wildman–Crippen LogP) is 7.26. The van der Waals surface area contributed by atoms with Crippen molar-refractivity contribution in [2.75, 3.05) is 13.1 Å². The molecule has 0 bridgehead atoms. The number of carbonyl (C=O) groups excluding carboxylic acids is 1. The van der Waals surface area contributed by atoms with Crippen molar-refractivity contribution in [3.8, 4) is 11.1 Å². The first kappa shape index (κ1) is 28.5. The number of hydrogen-bond donors (Lipinski definition) is 0. The Hall–Kier alpha value is -2.11. The van der Waals surface area contributed by atoms with E-state index >= 15 is 0 Å². The van der Waals surface area contributed by atoms with Crippen molar-refractivity contribution in [2.45, 2.75) is 104 Å². The Labute approximate surface area is 219 Å². The molecule has 3 rings (SSSR count). The highest BCUT2D eigenvalue weighted by molar-refractivity contribution is 6.62. The molecule has 1 saturated heterocycles. The van der Waals surface area contributed by atoms with Gasteiger partial charge in [0, 0.05) is 18.7 Å². The molecule has 2 aromatic carbocycles. The molecule has 0 saturated carbocycles. The Kier molecular flexibility index (Phi) is 10.2. The van der Waals surface area contributed by atoms with Crippen LogP contribution in [-0.2, 0) is 9.31 Å². The fraction of sp³-hybridized carbons (Fsp3) is 0.581. The van der Waals surface area contributed by atoms with Crippen LogP contribution in [0.5, 0.6) is 0 Å². The van der Waals surface area contributed by atoms with Crippen molar-refractivity contribution in [3.63, 3.8) is 0 Å². The average Bonchev–Trinajstić information content (AvgIpc) is 3.09. The standard InChI is InChI=1S/C31H46BNO3/c1-7-9-11-16-20-33(21-17-12-10-8-2)29(34)27-22-26(25-18-14-13-15-19-25)23-28(24-27)32-35-30(3,4)31(5,6)36-32/h13-15,18-19,22-24H,7-12,16-17,20-21H2,1-6H3. The van der Waals surface area contributed by atoms with Crippen LogP contribution in [0.25, 0.3) is 11.1 Å². The summed E-state index contributed by atoms with van der Waals surface area (Å²) in [7, 11) is -0.507. The van der Waals surface area contributed by atoms with E-state index in [-0.39, 0.29) is 5.91 Å². The zero-order valence-corrected chi connectivity index (χ0v) is 23.4. The molecule has 36 heavy (non-hydrogen) atoms. The molecule has 5 heteroatoms. The van der Waals surface area contributed by atoms with Gasteiger partial charge < -0.3 is 14.2 Å². The summed E-state index contributed by atoms with van der Waals surface area (Å²) in [6, 6.07) is 16.4. The molecule has 0 N–H and O–H groups in total. The minimum Gasteiger partial charge on any atom is -0.399 e. The van der Waals surface area contributed by atoms with Crippen LogP contribution in [0.15, 0.2) is 48.5 Å². The number of unbranched alkanes of at least 4 members (excludes halogenated alkanes) is 6. The summed E-state index contributed by atoms with van der Waals surface area (Å²) < 4.78 is 12.7. The Balaban J connectivity index is 1.93. The molecule has 0 atom stereocenters. The van der Waals surface area contributed by atoms with Gasteiger partial charge in [0.05, 0.1) is 11.2 Å². The van der Waals surface area contributed by atoms with Crippen LogP contribution in [0.1, 0.15) is 103 Å². The predicted molar refractivity (Wildman–Crippen MR) is 152 cm³/mol. The van der Waals surface area contributed by atoms with Gasteiger partial charge in [0.1, 0.15) is 0 Å². The fourth-order valence-corrected chi connectivity index (χ4v) is 4.64. The molecule has 0 spiro atoms. The quantitative estimate of drug-likeness (QED) is 0.219. The van der Waals surface area contributed by atoms with Crippen molar-refractivity contribution in [2.24, 2.45) is 0 Å². The van der Waals surface area contributed by atoms with Gasteiger partial charge in [-0.3, -0.25) is 4.79 Å². The van der Waals surface area contributed by atoms with Gasteiger partial charge in [-0.15, -0.1) is 0 Å². The van der Waals surface area contributed by atoms with Crippen molar-refractivity contribution in [3.05, 3.63) is 54.1 Å². The zero-order valence-electron chi connectivity index (χ0n) is 23.4. The Morgan fingerprint density at radius 3 is 1.83 bits per heavy atom. The van der Waals surface area contributed by atoms with E-state index < -0.39 is 18.3 Å². The molecule has 4 nitrogen and oxygen atoms in total. The van der Waals surface area contributed by atoms with Crippen molar-refractivity contribution < 1.29 is 14.1 Å². The lowest BCUT2D eigenvalue weighted by molar-refractivity contribution is 0.00578. The van der Waals surface area contributed by atoms with Crippen molar-refractivity contribution >= 4 is 18.5 Å². The first-order valence-electron chi connectivity index (χ1n) is 14.0. The van der Waals surface area contributed by atoms with Crippen LogP contribution in [0, 0.1) is 0 Å². The van der Waals surface area contributed by atoms with Crippen LogP contribution in [0.4, 0.5) is 0 Å². The van der Waals surface area contributed by atoms with Crippen LogP contribution in [0.3, 0.4) is 0 Å². The summed E-state index contributed by atoms with van der Waals surface area (Å²) in [4.78, 5) is 16.0. The highest BCUT2D eigenvalue weighted by Gasteiger charge is 2.51. The number of carbonyl (C=O) groups is 1. The number of hydrogen-bond acceptors (Lipinski definition) is 3. The molecule has 0 aliphatic carbocycles. The van der Waals surface area contributed by atoms with Gasteiger partial charge in [-0.1, -0.05) is 88.8 Å². The lowest BCUT2D eigenvalue weighted by Gasteiger charge is -2.32. The molecule has 1 aliphatic heterocycles. The maximum atomic E-state index is 13.9. The van der Waals surface area contributed by atoms with E-state index in [4.69, 9.17) is 9.31 Å². The third-order valence-electron chi connectivity index (χ3n) is 7.69. The van der Waals surface area contributed by atoms with Gasteiger partial charge in [-0.2, -0.15) is 0 Å². The zero-order chi connectivity index (χ0) is 26.2. The van der Waals surface area contributed by atoms with Gasteiger partial charge in [0.15, 0.2) is 0 Å². The van der Waals surface area contributed by atoms with Gasteiger partial charge in [-0.05, 0) is 69.3 Å². The van der Waals surface area contributed by atoms with Crippen LogP contribution in [-0.4, -0.2) is 42.2 Å². The summed E-state index contributed by atoms with van der Waals surface area (Å²) in [6.07, 6.45) is 9.26. The fourth-order valence-electron chi connectivity index (χ4n) is 4.64. The lowest BCUT2D eigenvalue weighted by Crippen LogP contribution is -2.41. The Bertz CT molecular complexity index is 945. The van der Waals surface area contributed by atoms with Gasteiger partial charge in [0.25, 0.3) is 5.91 Å². The van der Waals surface area contributed by atoms with Crippen LogP contribution in [0.2, 0.25) is 0 Å². The Morgan fingerprint density at radius 2 is 1.31 bits per heavy atom. The van der Waals surface area contributed by atoms with Gasteiger partial charge >= 0.3 is 7.12 Å². The van der Waals surface area contributed by atoms with Crippen molar-refractivity contribution in [1.82, 2.24) is 4.90 Å². The van der Waals surface area contributed by atoms with Crippen molar-refractivity contribution in [1.29, 1.82) is 0 Å². The van der Waals surface area contributed by atoms with Gasteiger partial charge in [0.2, 0.25) is 0 Å². The largest absolute Gasteiger partial charge is 0.494 e. The molecule has 2 aromatic rings. The topological polar surface area (TPSA) is 38.8 Å². The van der Waals surface area contributed by atoms with E-state index in [1.807, 2.05) is 30.3 Å². The molecule has 1 amide bonds. The van der Waals surface area contributed by atoms with E-state index in [0.717, 1.165) is 42.5 Å². The third kappa shape index (κ3) is 7.23. The maximum Gasteiger partial charge on any atom is 0.494 e. The molecule has 1 fully saturated rings. The monoisotopic (exact) mass is 491 g/mol. The first-order chi connectivity index (χ1) is 17.2. The second-order valence-corrected chi connectivity index (χ2v) is 11.2. The van der Waals surface area contributed by atoms with E-state index in [1.54, 1.807) is 0 Å². The van der Waals surface area contributed by atoms with Crippen LogP contribution < -0.4 is 5.46 Å². The normalized spacial score (nSPS) is 16.3. The smallest absolute Gasteiger partial charge is 0.399 e. The third-order valence-corrected chi connectivity index (χ3v) is 7.69. The molecule has 0 aromatic heterocycles. The summed E-state index contributed by atoms with van der Waals surface area (Å²) in [5, 5.41) is 0. The SMILES string of the molecule is CCCCCCN(CCCCCC)C(=O)c1cc(B2OC(C)(C)C(C)(C)O2)cc(-c2ccccc2)c1. The first-order valence-corrected chi connectivity index (χ1v) is 14.0. The summed E-state index contributed by atoms with van der Waals surface area (Å²) in [6.45, 7) is 14.3. The molecular weight excluding hydrogens is 445 g/mol. The highest BCUT2D eigenvalue weighted by atomic mass is 16.7. The lowest BCUT2D eigenvalue weighted by atomic mass is 9.76. The summed E-state index contributed by atoms with van der Waals surface area (Å²) in [5.74, 6) is 0.110. The minimum absolute atomic E-state index is 0.110. The van der Waals surface area contributed by atoms with Crippen LogP contribution >= 0.6 is 0 Å². The second kappa shape index (κ2) is 12.9. The molecule has 1 aliphatic rings. The molecule has 196 valence electrons. The molecular formula is C31H46BNO3. The number of rotatable bonds is 13. The molecule has 1 heterocycles. The second-order valence-electron chi connectivity index (χ2n) is 11.2. The molecule has 0 unspecified atom stereocenters. The van der Waals surface area contributed by atoms with E-state index in [1.165, 1.54) is 38.5 Å². The number of amides is 1. The average molecular weight is 492 g/mol. The van der Waals surface area contributed by atoms with E-state index in [9.17, 15) is 4.79 Å². The van der Waals surface area contributed by atoms with Gasteiger partial charge in [-0.25, -0.2) is 0 Å².